The van der Waals surface area contributed by atoms with Crippen LogP contribution in [0.25, 0.3) is 0 Å². The van der Waals surface area contributed by atoms with E-state index in [1.165, 1.54) is 28.4 Å². The third kappa shape index (κ3) is 3.85. The average Bonchev–Trinajstić information content (AvgIpc) is 2.52. The zero-order chi connectivity index (χ0) is 18.1. The maximum atomic E-state index is 13.5. The van der Waals surface area contributed by atoms with E-state index in [1.807, 2.05) is 0 Å². The van der Waals surface area contributed by atoms with Gasteiger partial charge in [-0.2, -0.15) is 0 Å². The normalized spacial score (nSPS) is 22.0. The molecule has 0 aromatic heterocycles. The molecule has 2 rings (SSSR count). The molecule has 0 radical (unpaired) electrons. The van der Waals surface area contributed by atoms with Gasteiger partial charge in [0.05, 0.1) is 12.3 Å². The fourth-order valence-electron chi connectivity index (χ4n) is 3.18. The Morgan fingerprint density at radius 3 is 2.67 bits per heavy atom. The van der Waals surface area contributed by atoms with E-state index in [9.17, 15) is 17.6 Å². The van der Waals surface area contributed by atoms with Crippen LogP contribution in [-0.4, -0.2) is 49.5 Å². The van der Waals surface area contributed by atoms with Crippen LogP contribution >= 0.6 is 0 Å². The van der Waals surface area contributed by atoms with Gasteiger partial charge in [0.1, 0.15) is 5.82 Å². The predicted octanol–water partition coefficient (Wildman–Crippen LogP) is 0.760. The van der Waals surface area contributed by atoms with E-state index in [2.05, 4.69) is 0 Å². The molecule has 0 bridgehead atoms. The minimum Gasteiger partial charge on any atom is -0.351 e. The lowest BCUT2D eigenvalue weighted by Gasteiger charge is -2.41. The van der Waals surface area contributed by atoms with Crippen molar-refractivity contribution in [3.8, 4) is 0 Å². The third-order valence-electron chi connectivity index (χ3n) is 4.58. The molecule has 1 aromatic carbocycles. The van der Waals surface area contributed by atoms with Crippen molar-refractivity contribution >= 4 is 16.1 Å². The Kier molecular flexibility index (Phi) is 5.46. The number of carbonyl (C=O) groups is 1. The van der Waals surface area contributed by atoms with Gasteiger partial charge in [0.2, 0.25) is 10.0 Å². The van der Waals surface area contributed by atoms with E-state index in [0.29, 0.717) is 30.5 Å². The molecular weight excluding hydrogens is 335 g/mol. The van der Waals surface area contributed by atoms with Crippen LogP contribution in [0, 0.1) is 5.82 Å². The number of benzene rings is 1. The summed E-state index contributed by atoms with van der Waals surface area (Å²) in [6.07, 6.45) is 2.01. The molecule has 0 saturated carbocycles. The van der Waals surface area contributed by atoms with Crippen LogP contribution in [0.5, 0.6) is 0 Å². The highest BCUT2D eigenvalue weighted by Crippen LogP contribution is 2.35. The first-order chi connectivity index (χ1) is 11.1. The predicted molar refractivity (Wildman–Crippen MR) is 89.0 cm³/mol. The Labute approximate surface area is 141 Å². The Morgan fingerprint density at radius 2 is 2.12 bits per heavy atom. The van der Waals surface area contributed by atoms with Crippen molar-refractivity contribution in [1.82, 2.24) is 9.21 Å². The summed E-state index contributed by atoms with van der Waals surface area (Å²) in [5.41, 5.74) is 12.5. The quantitative estimate of drug-likeness (QED) is 0.828. The summed E-state index contributed by atoms with van der Waals surface area (Å²) in [6, 6.07) is 2.92. The number of primary amides is 1. The van der Waals surface area contributed by atoms with Crippen LogP contribution < -0.4 is 11.5 Å². The molecule has 1 aliphatic heterocycles. The molecule has 1 aromatic rings. The zero-order valence-electron chi connectivity index (χ0n) is 13.8. The fourth-order valence-corrected chi connectivity index (χ4v) is 3.92. The van der Waals surface area contributed by atoms with Crippen LogP contribution in [0.3, 0.4) is 0 Å². The maximum absolute atomic E-state index is 13.5. The van der Waals surface area contributed by atoms with E-state index < -0.39 is 27.9 Å². The highest BCUT2D eigenvalue weighted by molar-refractivity contribution is 7.88. The summed E-state index contributed by atoms with van der Waals surface area (Å²) in [5, 5.41) is 0. The minimum absolute atomic E-state index is 0.114. The molecule has 0 aliphatic carbocycles. The van der Waals surface area contributed by atoms with Gasteiger partial charge in [-0.3, -0.25) is 0 Å². The lowest BCUT2D eigenvalue weighted by molar-refractivity contribution is 0.127. The van der Waals surface area contributed by atoms with Crippen molar-refractivity contribution in [3.63, 3.8) is 0 Å². The van der Waals surface area contributed by atoms with E-state index in [1.54, 1.807) is 6.07 Å². The van der Waals surface area contributed by atoms with Gasteiger partial charge in [-0.1, -0.05) is 6.07 Å². The van der Waals surface area contributed by atoms with Gasteiger partial charge in [0.25, 0.3) is 0 Å². The zero-order valence-corrected chi connectivity index (χ0v) is 14.6. The van der Waals surface area contributed by atoms with Crippen molar-refractivity contribution in [1.29, 1.82) is 0 Å². The second-order valence-electron chi connectivity index (χ2n) is 6.05. The number of nitrogens with two attached hydrogens (primary N) is 2. The molecule has 134 valence electrons. The number of halogens is 1. The number of sulfonamides is 1. The summed E-state index contributed by atoms with van der Waals surface area (Å²) in [5.74, 6) is -0.412. The summed E-state index contributed by atoms with van der Waals surface area (Å²) in [6.45, 7) is 0.439. The highest BCUT2D eigenvalue weighted by Gasteiger charge is 2.36. The molecule has 24 heavy (non-hydrogen) atoms. The Balaban J connectivity index is 2.40. The largest absolute Gasteiger partial charge is 0.351 e. The molecular formula is C15H23FN4O3S. The van der Waals surface area contributed by atoms with Crippen LogP contribution in [0.2, 0.25) is 0 Å². The summed E-state index contributed by atoms with van der Waals surface area (Å²) >= 11 is 0. The molecule has 1 fully saturated rings. The van der Waals surface area contributed by atoms with Gasteiger partial charge in [0.15, 0.2) is 0 Å². The molecule has 2 amide bonds. The van der Waals surface area contributed by atoms with Crippen LogP contribution in [0.15, 0.2) is 18.2 Å². The molecule has 1 heterocycles. The van der Waals surface area contributed by atoms with Gasteiger partial charge in [-0.15, -0.1) is 0 Å². The number of hydrogen-bond acceptors (Lipinski definition) is 4. The number of nitrogens with zero attached hydrogens (tertiary/aromatic N) is 2. The Bertz CT molecular complexity index is 725. The maximum Gasteiger partial charge on any atom is 0.315 e. The lowest BCUT2D eigenvalue weighted by atomic mass is 9.89. The lowest BCUT2D eigenvalue weighted by Crippen LogP contribution is -2.50. The van der Waals surface area contributed by atoms with Crippen molar-refractivity contribution in [2.75, 3.05) is 19.8 Å². The molecule has 2 unspecified atom stereocenters. The van der Waals surface area contributed by atoms with Gasteiger partial charge in [-0.25, -0.2) is 21.9 Å². The highest BCUT2D eigenvalue weighted by atomic mass is 32.2. The number of likely N-dealkylation sites (tertiary alicyclic amines) is 1. The van der Waals surface area contributed by atoms with Gasteiger partial charge in [0, 0.05) is 26.2 Å². The van der Waals surface area contributed by atoms with Crippen LogP contribution in [-0.2, 0) is 16.6 Å². The first-order valence-electron chi connectivity index (χ1n) is 7.62. The molecule has 9 heteroatoms. The van der Waals surface area contributed by atoms with E-state index in [0.717, 1.165) is 6.26 Å². The molecule has 4 N–H and O–H groups in total. The summed E-state index contributed by atoms with van der Waals surface area (Å²) < 4.78 is 38.4. The number of rotatable bonds is 4. The van der Waals surface area contributed by atoms with E-state index in [-0.39, 0.29) is 12.6 Å². The van der Waals surface area contributed by atoms with Crippen molar-refractivity contribution in [2.24, 2.45) is 11.5 Å². The topological polar surface area (TPSA) is 110 Å². The van der Waals surface area contributed by atoms with Crippen molar-refractivity contribution in [2.45, 2.75) is 31.5 Å². The van der Waals surface area contributed by atoms with Gasteiger partial charge in [-0.05, 0) is 36.1 Å². The summed E-state index contributed by atoms with van der Waals surface area (Å²) in [7, 11) is -1.83. The van der Waals surface area contributed by atoms with Crippen LogP contribution in [0.4, 0.5) is 9.18 Å². The SMILES string of the molecule is CN(C1CCN(C(N)=O)C(c2ccc(F)cc2CN)C1)S(C)(=O)=O. The van der Waals surface area contributed by atoms with Gasteiger partial charge >= 0.3 is 6.03 Å². The number of piperidine rings is 1. The van der Waals surface area contributed by atoms with Crippen molar-refractivity contribution < 1.29 is 17.6 Å². The first-order valence-corrected chi connectivity index (χ1v) is 9.47. The molecule has 1 saturated heterocycles. The van der Waals surface area contributed by atoms with E-state index >= 15 is 0 Å². The first kappa shape index (κ1) is 18.6. The molecule has 2 atom stereocenters. The standard InChI is InChI=1S/C15H23FN4O3S/c1-19(24(2,22)23)12-5-6-20(15(18)21)14(8-12)13-4-3-11(16)7-10(13)9-17/h3-4,7,12,14H,5-6,8-9,17H2,1-2H3,(H2,18,21). The number of urea groups is 1. The second-order valence-corrected chi connectivity index (χ2v) is 8.09. The average molecular weight is 358 g/mol. The number of amides is 2. The number of hydrogen-bond donors (Lipinski definition) is 2. The minimum atomic E-state index is -3.35. The monoisotopic (exact) mass is 358 g/mol. The summed E-state index contributed by atoms with van der Waals surface area (Å²) in [4.78, 5) is 13.3. The number of carbonyl (C=O) groups excluding carboxylic acids is 1. The van der Waals surface area contributed by atoms with E-state index in [4.69, 9.17) is 11.5 Å². The van der Waals surface area contributed by atoms with Crippen LogP contribution in [0.1, 0.15) is 30.0 Å². The molecule has 7 nitrogen and oxygen atoms in total. The van der Waals surface area contributed by atoms with Gasteiger partial charge < -0.3 is 16.4 Å². The fraction of sp³-hybridized carbons (Fsp3) is 0.533. The smallest absolute Gasteiger partial charge is 0.315 e. The third-order valence-corrected chi connectivity index (χ3v) is 5.92. The molecule has 1 aliphatic rings. The Hall–Kier alpha value is -1.71. The van der Waals surface area contributed by atoms with Crippen molar-refractivity contribution in [3.05, 3.63) is 35.1 Å². The second kappa shape index (κ2) is 7.04. The molecule has 0 spiro atoms. The Morgan fingerprint density at radius 1 is 1.46 bits per heavy atom.